The number of nitrogens with two attached hydrogens (primary N) is 1. The van der Waals surface area contributed by atoms with Crippen molar-refractivity contribution in [2.24, 2.45) is 5.73 Å². The predicted octanol–water partition coefficient (Wildman–Crippen LogP) is 2.36. The molecule has 0 saturated heterocycles. The Bertz CT molecular complexity index is 630. The number of rotatable bonds is 6. The van der Waals surface area contributed by atoms with Crippen LogP contribution in [0.1, 0.15) is 16.8 Å². The number of benzene rings is 1. The molecule has 110 valence electrons. The summed E-state index contributed by atoms with van der Waals surface area (Å²) < 4.78 is 5.24. The summed E-state index contributed by atoms with van der Waals surface area (Å²) in [5.41, 5.74) is 8.62. The molecule has 0 saturated carbocycles. The van der Waals surface area contributed by atoms with Crippen molar-refractivity contribution in [1.82, 2.24) is 9.88 Å². The van der Waals surface area contributed by atoms with Crippen molar-refractivity contribution < 1.29 is 4.74 Å². The van der Waals surface area contributed by atoms with Gasteiger partial charge in [0, 0.05) is 19.3 Å². The van der Waals surface area contributed by atoms with Gasteiger partial charge in [-0.15, -0.1) is 0 Å². The van der Waals surface area contributed by atoms with Crippen LogP contribution in [0.5, 0.6) is 5.75 Å². The van der Waals surface area contributed by atoms with Crippen LogP contribution < -0.4 is 10.5 Å². The SMILES string of the molecule is COc1cccc(CN(C)Cc2ccnc(C(N)=S)c2)c1. The lowest BCUT2D eigenvalue weighted by molar-refractivity contribution is 0.318. The fourth-order valence-corrected chi connectivity index (χ4v) is 2.27. The van der Waals surface area contributed by atoms with Crippen LogP contribution >= 0.6 is 12.2 Å². The second kappa shape index (κ2) is 7.15. The van der Waals surface area contributed by atoms with Gasteiger partial charge in [-0.05, 0) is 42.4 Å². The van der Waals surface area contributed by atoms with Gasteiger partial charge in [-0.3, -0.25) is 9.88 Å². The highest BCUT2D eigenvalue weighted by Crippen LogP contribution is 2.15. The van der Waals surface area contributed by atoms with Crippen LogP contribution in [0.4, 0.5) is 0 Å². The molecule has 0 radical (unpaired) electrons. The third kappa shape index (κ3) is 4.51. The van der Waals surface area contributed by atoms with E-state index in [1.54, 1.807) is 13.3 Å². The van der Waals surface area contributed by atoms with Gasteiger partial charge in [0.2, 0.25) is 0 Å². The van der Waals surface area contributed by atoms with Crippen LogP contribution in [0.25, 0.3) is 0 Å². The van der Waals surface area contributed by atoms with Crippen LogP contribution in [0.3, 0.4) is 0 Å². The molecule has 0 fully saturated rings. The molecule has 21 heavy (non-hydrogen) atoms. The third-order valence-electron chi connectivity index (χ3n) is 3.12. The van der Waals surface area contributed by atoms with Crippen molar-refractivity contribution in [2.45, 2.75) is 13.1 Å². The molecule has 1 aromatic heterocycles. The molecular formula is C16H19N3OS. The number of hydrogen-bond donors (Lipinski definition) is 1. The van der Waals surface area contributed by atoms with Gasteiger partial charge in [-0.25, -0.2) is 0 Å². The Labute approximate surface area is 130 Å². The molecule has 2 aromatic rings. The Balaban J connectivity index is 2.02. The minimum atomic E-state index is 0.326. The van der Waals surface area contributed by atoms with Gasteiger partial charge in [-0.2, -0.15) is 0 Å². The molecule has 5 heteroatoms. The molecule has 0 amide bonds. The number of nitrogens with zero attached hydrogens (tertiary/aromatic N) is 2. The first-order chi connectivity index (χ1) is 10.1. The third-order valence-corrected chi connectivity index (χ3v) is 3.33. The van der Waals surface area contributed by atoms with Gasteiger partial charge in [0.1, 0.15) is 10.7 Å². The number of pyridine rings is 1. The van der Waals surface area contributed by atoms with E-state index < -0.39 is 0 Å². The van der Waals surface area contributed by atoms with E-state index in [4.69, 9.17) is 22.7 Å². The quantitative estimate of drug-likeness (QED) is 0.830. The number of methoxy groups -OCH3 is 1. The average molecular weight is 301 g/mol. The van der Waals surface area contributed by atoms with Gasteiger partial charge >= 0.3 is 0 Å². The Kier molecular flexibility index (Phi) is 5.25. The standard InChI is InChI=1S/C16H19N3OS/c1-19(10-12-4-3-5-14(8-12)20-2)11-13-6-7-18-15(9-13)16(17)21/h3-9H,10-11H2,1-2H3,(H2,17,21). The lowest BCUT2D eigenvalue weighted by Crippen LogP contribution is -2.18. The van der Waals surface area contributed by atoms with Crippen LogP contribution in [0.15, 0.2) is 42.6 Å². The first-order valence-corrected chi connectivity index (χ1v) is 7.05. The van der Waals surface area contributed by atoms with E-state index in [0.29, 0.717) is 10.7 Å². The van der Waals surface area contributed by atoms with E-state index >= 15 is 0 Å². The smallest absolute Gasteiger partial charge is 0.122 e. The van der Waals surface area contributed by atoms with Gasteiger partial charge in [0.15, 0.2) is 0 Å². The fourth-order valence-electron chi connectivity index (χ4n) is 2.16. The highest BCUT2D eigenvalue weighted by atomic mass is 32.1. The Hall–Kier alpha value is -1.98. The van der Waals surface area contributed by atoms with E-state index in [1.165, 1.54) is 5.56 Å². The zero-order chi connectivity index (χ0) is 15.2. The molecule has 0 unspecified atom stereocenters. The van der Waals surface area contributed by atoms with Crippen molar-refractivity contribution in [1.29, 1.82) is 0 Å². The Morgan fingerprint density at radius 2 is 1.95 bits per heavy atom. The molecule has 0 spiro atoms. The van der Waals surface area contributed by atoms with Gasteiger partial charge in [-0.1, -0.05) is 24.4 Å². The second-order valence-corrected chi connectivity index (χ2v) is 5.38. The molecule has 0 atom stereocenters. The van der Waals surface area contributed by atoms with Crippen LogP contribution in [0.2, 0.25) is 0 Å². The molecule has 4 nitrogen and oxygen atoms in total. The van der Waals surface area contributed by atoms with Gasteiger partial charge < -0.3 is 10.5 Å². The van der Waals surface area contributed by atoms with Crippen LogP contribution in [-0.2, 0) is 13.1 Å². The normalized spacial score (nSPS) is 10.6. The minimum Gasteiger partial charge on any atom is -0.497 e. The first-order valence-electron chi connectivity index (χ1n) is 6.64. The van der Waals surface area contributed by atoms with E-state index in [1.807, 2.05) is 30.3 Å². The number of hydrogen-bond acceptors (Lipinski definition) is 4. The van der Waals surface area contributed by atoms with E-state index in [2.05, 4.69) is 23.0 Å². The fraction of sp³-hybridized carbons (Fsp3) is 0.250. The second-order valence-electron chi connectivity index (χ2n) is 4.94. The lowest BCUT2D eigenvalue weighted by atomic mass is 10.1. The monoisotopic (exact) mass is 301 g/mol. The molecule has 0 bridgehead atoms. The summed E-state index contributed by atoms with van der Waals surface area (Å²) in [5, 5.41) is 0. The van der Waals surface area contributed by atoms with Crippen molar-refractivity contribution in [3.8, 4) is 5.75 Å². The Morgan fingerprint density at radius 3 is 2.62 bits per heavy atom. The minimum absolute atomic E-state index is 0.326. The molecule has 0 aliphatic heterocycles. The van der Waals surface area contributed by atoms with E-state index in [0.717, 1.165) is 24.4 Å². The highest BCUT2D eigenvalue weighted by Gasteiger charge is 2.05. The summed E-state index contributed by atoms with van der Waals surface area (Å²) in [6.07, 6.45) is 1.74. The van der Waals surface area contributed by atoms with Crippen molar-refractivity contribution in [2.75, 3.05) is 14.2 Å². The summed E-state index contributed by atoms with van der Waals surface area (Å²) in [6, 6.07) is 12.0. The molecule has 2 rings (SSSR count). The highest BCUT2D eigenvalue weighted by molar-refractivity contribution is 7.80. The summed E-state index contributed by atoms with van der Waals surface area (Å²) in [5.74, 6) is 0.876. The van der Waals surface area contributed by atoms with Crippen molar-refractivity contribution >= 4 is 17.2 Å². The topological polar surface area (TPSA) is 51.4 Å². The zero-order valence-corrected chi connectivity index (χ0v) is 13.1. The maximum absolute atomic E-state index is 5.61. The molecule has 1 heterocycles. The molecule has 0 aliphatic carbocycles. The molecule has 1 aromatic carbocycles. The van der Waals surface area contributed by atoms with E-state index in [9.17, 15) is 0 Å². The van der Waals surface area contributed by atoms with Crippen LogP contribution in [0, 0.1) is 0 Å². The summed E-state index contributed by atoms with van der Waals surface area (Å²) in [6.45, 7) is 1.64. The first kappa shape index (κ1) is 15.4. The molecule has 2 N–H and O–H groups in total. The van der Waals surface area contributed by atoms with Crippen molar-refractivity contribution in [3.63, 3.8) is 0 Å². The largest absolute Gasteiger partial charge is 0.497 e. The number of aromatic nitrogens is 1. The lowest BCUT2D eigenvalue weighted by Gasteiger charge is -2.17. The maximum atomic E-state index is 5.61. The number of ether oxygens (including phenoxy) is 1. The maximum Gasteiger partial charge on any atom is 0.122 e. The van der Waals surface area contributed by atoms with Gasteiger partial charge in [0.05, 0.1) is 12.8 Å². The summed E-state index contributed by atoms with van der Waals surface area (Å²) in [4.78, 5) is 6.69. The molecule has 0 aliphatic rings. The van der Waals surface area contributed by atoms with E-state index in [-0.39, 0.29) is 0 Å². The zero-order valence-electron chi connectivity index (χ0n) is 12.2. The summed E-state index contributed by atoms with van der Waals surface area (Å²) >= 11 is 4.96. The summed E-state index contributed by atoms with van der Waals surface area (Å²) in [7, 11) is 3.75. The predicted molar refractivity (Wildman–Crippen MR) is 88.3 cm³/mol. The number of thiocarbonyl (C=S) groups is 1. The molecular weight excluding hydrogens is 282 g/mol. The Morgan fingerprint density at radius 1 is 1.24 bits per heavy atom. The van der Waals surface area contributed by atoms with Gasteiger partial charge in [0.25, 0.3) is 0 Å². The van der Waals surface area contributed by atoms with Crippen molar-refractivity contribution in [3.05, 3.63) is 59.4 Å². The average Bonchev–Trinajstić information content (AvgIpc) is 2.47. The van der Waals surface area contributed by atoms with Crippen LogP contribution in [-0.4, -0.2) is 29.0 Å².